The van der Waals surface area contributed by atoms with E-state index >= 15 is 0 Å². The summed E-state index contributed by atoms with van der Waals surface area (Å²) in [6.45, 7) is -3.59. The Kier molecular flexibility index (Phi) is 42.4. The van der Waals surface area contributed by atoms with Crippen LogP contribution in [-0.4, -0.2) is 311 Å². The van der Waals surface area contributed by atoms with E-state index in [1.165, 1.54) is 31.6 Å². The minimum atomic E-state index is -1.20. The number of hydrogen-bond acceptors (Lipinski definition) is 22. The molecule has 32 nitrogen and oxygen atoms in total. The van der Waals surface area contributed by atoms with Gasteiger partial charge in [-0.3, -0.25) is 86.9 Å². The summed E-state index contributed by atoms with van der Waals surface area (Å²) in [5, 5.41) is 86.9. The fourth-order valence-electron chi connectivity index (χ4n) is 5.20. The van der Waals surface area contributed by atoms with Crippen LogP contribution in [0.15, 0.2) is 0 Å². The van der Waals surface area contributed by atoms with Gasteiger partial charge in [0, 0.05) is 39.3 Å². The predicted octanol–water partition coefficient (Wildman–Crippen LogP) is -4.98. The molecule has 32 heteroatoms. The summed E-state index contributed by atoms with van der Waals surface area (Å²) in [6.07, 6.45) is 0.310. The van der Waals surface area contributed by atoms with Gasteiger partial charge in [-0.25, -0.2) is 0 Å². The van der Waals surface area contributed by atoms with Gasteiger partial charge in [0.1, 0.15) is 0 Å². The summed E-state index contributed by atoms with van der Waals surface area (Å²) in [7, 11) is 2.34. The number of carboxylic acids is 10. The molecule has 0 saturated carbocycles. The van der Waals surface area contributed by atoms with Gasteiger partial charge in [-0.2, -0.15) is 0 Å². The standard InChI is InChI=1S/C14H24N2O10.C12H20N2O8.C11H18N2O8.CH4/c17-11(18)7-15(8-12(19)20)1-3-25-5-6-26-4-2-16(9-13(21)22)10-14(23)24;1-22-12(21)8-14(7-11(19)20)4-2-3-13(5-9(15)16)6-10(17)18;1-21-11(20)7-13(6-10(18)19)3-2-12(4-8(14)15)5-9(16)17;/h1-10H2,(H,17,18)(H,19,20)(H,21,22)(H,23,24);2-8H2,1H3,(H,15,16)(H,17,18)(H,19,20);2-7H2,1H3,(H,14,15)(H,16,17)(H,18,19);1H4. The second-order valence-electron chi connectivity index (χ2n) is 13.9. The molecule has 0 spiro atoms. The Balaban J connectivity index is -0.000000467. The van der Waals surface area contributed by atoms with Gasteiger partial charge in [0.15, 0.2) is 0 Å². The first-order valence-corrected chi connectivity index (χ1v) is 20.0. The molecule has 0 atom stereocenters. The van der Waals surface area contributed by atoms with Crippen LogP contribution in [0, 0.1) is 0 Å². The molecule has 0 amide bonds. The normalized spacial score (nSPS) is 10.6. The lowest BCUT2D eigenvalue weighted by molar-refractivity contribution is -0.146. The van der Waals surface area contributed by atoms with Gasteiger partial charge < -0.3 is 70.0 Å². The van der Waals surface area contributed by atoms with Gasteiger partial charge >= 0.3 is 71.6 Å². The molecule has 10 N–H and O–H groups in total. The number of carbonyl (C=O) groups excluding carboxylic acids is 2. The quantitative estimate of drug-likeness (QED) is 0.0203. The minimum absolute atomic E-state index is 0. The smallest absolute Gasteiger partial charge is 0.319 e. The van der Waals surface area contributed by atoms with Crippen molar-refractivity contribution in [3.63, 3.8) is 0 Å². The third-order valence-electron chi connectivity index (χ3n) is 7.91. The highest BCUT2D eigenvalue weighted by molar-refractivity contribution is 5.76. The molecule has 0 aromatic carbocycles. The lowest BCUT2D eigenvalue weighted by Gasteiger charge is -2.23. The zero-order valence-electron chi connectivity index (χ0n) is 38.0. The summed E-state index contributed by atoms with van der Waals surface area (Å²) in [5.41, 5.74) is 0. The van der Waals surface area contributed by atoms with Crippen LogP contribution in [0.2, 0.25) is 0 Å². The highest BCUT2D eigenvalue weighted by Crippen LogP contribution is 1.99. The Morgan fingerprint density at radius 2 is 0.471 bits per heavy atom. The van der Waals surface area contributed by atoms with Crippen LogP contribution in [-0.2, 0) is 76.5 Å². The lowest BCUT2D eigenvalue weighted by Crippen LogP contribution is -2.43. The molecule has 0 aliphatic carbocycles. The molecule has 0 aromatic rings. The van der Waals surface area contributed by atoms with Crippen molar-refractivity contribution >= 4 is 71.6 Å². The first-order chi connectivity index (χ1) is 32.2. The lowest BCUT2D eigenvalue weighted by atomic mass is 10.3. The maximum absolute atomic E-state index is 11.2. The molecule has 0 rings (SSSR count). The third kappa shape index (κ3) is 49.2. The second kappa shape index (κ2) is 42.4. The van der Waals surface area contributed by atoms with Crippen LogP contribution >= 0.6 is 0 Å². The van der Waals surface area contributed by atoms with Crippen molar-refractivity contribution < 1.29 is 128 Å². The maximum atomic E-state index is 11.2. The van der Waals surface area contributed by atoms with Gasteiger partial charge in [0.05, 0.1) is 119 Å². The van der Waals surface area contributed by atoms with Gasteiger partial charge in [-0.05, 0) is 6.42 Å². The second-order valence-corrected chi connectivity index (χ2v) is 13.9. The van der Waals surface area contributed by atoms with Crippen LogP contribution in [0.3, 0.4) is 0 Å². The van der Waals surface area contributed by atoms with E-state index in [4.69, 9.17) is 60.5 Å². The van der Waals surface area contributed by atoms with Crippen molar-refractivity contribution in [3.05, 3.63) is 0 Å². The number of rotatable bonds is 40. The Morgan fingerprint density at radius 1 is 0.286 bits per heavy atom. The monoisotopic (exact) mass is 1020 g/mol. The molecule has 404 valence electrons. The first-order valence-electron chi connectivity index (χ1n) is 20.0. The van der Waals surface area contributed by atoms with Crippen molar-refractivity contribution in [2.24, 2.45) is 0 Å². The summed E-state index contributed by atoms with van der Waals surface area (Å²) in [6, 6.07) is 0. The molecule has 0 saturated heterocycles. The highest BCUT2D eigenvalue weighted by Gasteiger charge is 2.20. The van der Waals surface area contributed by atoms with Crippen LogP contribution in [0.4, 0.5) is 0 Å². The molecule has 0 fully saturated rings. The third-order valence-corrected chi connectivity index (χ3v) is 7.91. The van der Waals surface area contributed by atoms with Crippen LogP contribution < -0.4 is 0 Å². The van der Waals surface area contributed by atoms with Crippen LogP contribution in [0.25, 0.3) is 0 Å². The summed E-state index contributed by atoms with van der Waals surface area (Å²) in [5.74, 6) is -12.8. The Morgan fingerprint density at radius 3 is 0.686 bits per heavy atom. The fourth-order valence-corrected chi connectivity index (χ4v) is 5.20. The van der Waals surface area contributed by atoms with E-state index in [9.17, 15) is 57.5 Å². The SMILES string of the molecule is C.COC(=O)CN(CCCN(CC(=O)O)CC(=O)O)CC(=O)O.COC(=O)CN(CCN(CC(=O)O)CC(=O)O)CC(=O)O.O=C(O)CN(CCOCCOCCN(CC(=O)O)CC(=O)O)CC(=O)O. The number of carboxylic acid groups (broad SMARTS) is 10. The summed E-state index contributed by atoms with van der Waals surface area (Å²) < 4.78 is 19.3. The van der Waals surface area contributed by atoms with Gasteiger partial charge in [0.25, 0.3) is 0 Å². The number of aliphatic carboxylic acids is 10. The average Bonchev–Trinajstić information content (AvgIpc) is 3.18. The van der Waals surface area contributed by atoms with E-state index in [1.54, 1.807) is 0 Å². The highest BCUT2D eigenvalue weighted by atomic mass is 16.5. The van der Waals surface area contributed by atoms with Crippen LogP contribution in [0.1, 0.15) is 13.8 Å². The van der Waals surface area contributed by atoms with E-state index in [2.05, 4.69) is 9.47 Å². The molecule has 0 aromatic heterocycles. The first kappa shape index (κ1) is 69.9. The number of nitrogens with zero attached hydrogens (tertiary/aromatic N) is 6. The van der Waals surface area contributed by atoms with Gasteiger partial charge in [0.2, 0.25) is 0 Å². The topological polar surface area (TPSA) is 464 Å². The molecule has 70 heavy (non-hydrogen) atoms. The molecule has 0 aliphatic heterocycles. The van der Waals surface area contributed by atoms with Crippen molar-refractivity contribution in [1.29, 1.82) is 0 Å². The number of carbonyl (C=O) groups is 12. The number of methoxy groups -OCH3 is 2. The zero-order chi connectivity index (χ0) is 53.5. The number of ether oxygens (including phenoxy) is 4. The Bertz CT molecular complexity index is 1550. The molecular formula is C38H66N6O26. The van der Waals surface area contributed by atoms with E-state index in [1.807, 2.05) is 0 Å². The number of hydrogen-bond donors (Lipinski definition) is 10. The summed E-state index contributed by atoms with van der Waals surface area (Å²) >= 11 is 0. The average molecular weight is 1020 g/mol. The summed E-state index contributed by atoms with van der Waals surface area (Å²) in [4.78, 5) is 136. The molecule has 0 heterocycles. The van der Waals surface area contributed by atoms with E-state index in [0.717, 1.165) is 12.0 Å². The van der Waals surface area contributed by atoms with Crippen molar-refractivity contribution in [3.8, 4) is 0 Å². The van der Waals surface area contributed by atoms with Gasteiger partial charge in [-0.15, -0.1) is 0 Å². The fraction of sp³-hybridized carbons (Fsp3) is 0.684. The Labute approximate surface area is 400 Å². The van der Waals surface area contributed by atoms with Crippen molar-refractivity contribution in [1.82, 2.24) is 29.4 Å². The molecule has 0 bridgehead atoms. The van der Waals surface area contributed by atoms with E-state index in [0.29, 0.717) is 6.42 Å². The molecular weight excluding hydrogens is 956 g/mol. The Hall–Kier alpha value is -6.68. The molecule has 0 unspecified atom stereocenters. The van der Waals surface area contributed by atoms with Crippen molar-refractivity contribution in [2.45, 2.75) is 13.8 Å². The van der Waals surface area contributed by atoms with Gasteiger partial charge in [-0.1, -0.05) is 7.43 Å². The minimum Gasteiger partial charge on any atom is -0.480 e. The van der Waals surface area contributed by atoms with Crippen molar-refractivity contribution in [2.75, 3.05) is 158 Å². The zero-order valence-corrected chi connectivity index (χ0v) is 38.0. The molecule has 0 radical (unpaired) electrons. The predicted molar refractivity (Wildman–Crippen MR) is 232 cm³/mol. The number of esters is 2. The largest absolute Gasteiger partial charge is 0.480 e. The van der Waals surface area contributed by atoms with E-state index in [-0.39, 0.29) is 92.8 Å². The van der Waals surface area contributed by atoms with Crippen LogP contribution in [0.5, 0.6) is 0 Å². The molecule has 0 aliphatic rings. The van der Waals surface area contributed by atoms with E-state index < -0.39 is 131 Å². The maximum Gasteiger partial charge on any atom is 0.319 e.